The quantitative estimate of drug-likeness (QED) is 0.442. The van der Waals surface area contributed by atoms with E-state index in [1.54, 1.807) is 42.5 Å². The van der Waals surface area contributed by atoms with Gasteiger partial charge in [-0.2, -0.15) is 8.42 Å². The Balaban J connectivity index is 1.83. The molecule has 0 heterocycles. The van der Waals surface area contributed by atoms with Gasteiger partial charge in [0, 0.05) is 0 Å². The van der Waals surface area contributed by atoms with Crippen molar-refractivity contribution in [2.45, 2.75) is 24.5 Å². The lowest BCUT2D eigenvalue weighted by molar-refractivity contribution is -0.153. The normalized spacial score (nSPS) is 12.3. The van der Waals surface area contributed by atoms with Crippen molar-refractivity contribution in [1.82, 2.24) is 0 Å². The second-order valence-electron chi connectivity index (χ2n) is 6.25. The average molecular weight is 396 g/mol. The Hall–Kier alpha value is -2.96. The molecule has 0 saturated carbocycles. The van der Waals surface area contributed by atoms with Gasteiger partial charge in [0.15, 0.2) is 6.10 Å². The van der Waals surface area contributed by atoms with Crippen LogP contribution in [-0.2, 0) is 30.4 Å². The van der Waals surface area contributed by atoms with Crippen LogP contribution in [0.1, 0.15) is 22.8 Å². The van der Waals surface area contributed by atoms with Crippen molar-refractivity contribution in [3.05, 3.63) is 102 Å². The molecule has 1 atom stereocenters. The highest BCUT2D eigenvalue weighted by Gasteiger charge is 2.30. The zero-order valence-electron chi connectivity index (χ0n) is 15.3. The van der Waals surface area contributed by atoms with Crippen molar-refractivity contribution in [2.24, 2.45) is 0 Å². The summed E-state index contributed by atoms with van der Waals surface area (Å²) in [6.07, 6.45) is -1.39. The first-order valence-electron chi connectivity index (χ1n) is 8.71. The van der Waals surface area contributed by atoms with Crippen LogP contribution in [0, 0.1) is 6.92 Å². The number of carbonyl (C=O) groups is 1. The van der Waals surface area contributed by atoms with E-state index in [0.29, 0.717) is 5.56 Å². The van der Waals surface area contributed by atoms with Gasteiger partial charge in [-0.05, 0) is 30.2 Å². The Morgan fingerprint density at radius 2 is 1.43 bits per heavy atom. The first-order chi connectivity index (χ1) is 13.5. The highest BCUT2D eigenvalue weighted by atomic mass is 32.2. The Labute approximate surface area is 164 Å². The van der Waals surface area contributed by atoms with E-state index in [4.69, 9.17) is 8.92 Å². The predicted molar refractivity (Wildman–Crippen MR) is 105 cm³/mol. The first kappa shape index (κ1) is 19.8. The molecule has 3 aromatic carbocycles. The number of aryl methyl sites for hydroxylation is 1. The summed E-state index contributed by atoms with van der Waals surface area (Å²) in [5.74, 6) is -0.772. The average Bonchev–Trinajstić information content (AvgIpc) is 2.72. The topological polar surface area (TPSA) is 69.7 Å². The minimum atomic E-state index is -4.15. The Morgan fingerprint density at radius 3 is 2.04 bits per heavy atom. The van der Waals surface area contributed by atoms with E-state index >= 15 is 0 Å². The molecule has 28 heavy (non-hydrogen) atoms. The van der Waals surface area contributed by atoms with E-state index < -0.39 is 22.2 Å². The third-order valence-electron chi connectivity index (χ3n) is 4.07. The molecule has 5 nitrogen and oxygen atoms in total. The molecular weight excluding hydrogens is 376 g/mol. The SMILES string of the molecule is Cc1ccc(S(=O)(=O)O[C@H](C(=O)OCc2ccccc2)c2ccccc2)cc1. The van der Waals surface area contributed by atoms with Crippen LogP contribution in [0.25, 0.3) is 0 Å². The molecule has 6 heteroatoms. The number of esters is 1. The largest absolute Gasteiger partial charge is 0.459 e. The maximum absolute atomic E-state index is 12.7. The van der Waals surface area contributed by atoms with Crippen molar-refractivity contribution in [3.63, 3.8) is 0 Å². The van der Waals surface area contributed by atoms with Gasteiger partial charge in [-0.1, -0.05) is 78.4 Å². The van der Waals surface area contributed by atoms with Crippen LogP contribution >= 0.6 is 0 Å². The summed E-state index contributed by atoms with van der Waals surface area (Å²) in [5.41, 5.74) is 2.11. The molecule has 144 valence electrons. The molecule has 0 radical (unpaired) electrons. The molecular formula is C22H20O5S. The molecule has 0 spiro atoms. The van der Waals surface area contributed by atoms with Crippen LogP contribution in [0.3, 0.4) is 0 Å². The lowest BCUT2D eigenvalue weighted by atomic mass is 10.1. The summed E-state index contributed by atoms with van der Waals surface area (Å²) in [4.78, 5) is 12.6. The van der Waals surface area contributed by atoms with Gasteiger partial charge in [-0.25, -0.2) is 8.98 Å². The molecule has 3 rings (SSSR count). The molecule has 0 amide bonds. The van der Waals surface area contributed by atoms with Gasteiger partial charge in [0.2, 0.25) is 0 Å². The molecule has 0 aromatic heterocycles. The van der Waals surface area contributed by atoms with Gasteiger partial charge < -0.3 is 4.74 Å². The lowest BCUT2D eigenvalue weighted by Crippen LogP contribution is -2.22. The number of benzene rings is 3. The molecule has 0 aliphatic heterocycles. The van der Waals surface area contributed by atoms with Gasteiger partial charge >= 0.3 is 5.97 Å². The van der Waals surface area contributed by atoms with E-state index in [2.05, 4.69) is 0 Å². The monoisotopic (exact) mass is 396 g/mol. The molecule has 0 N–H and O–H groups in total. The van der Waals surface area contributed by atoms with Crippen LogP contribution < -0.4 is 0 Å². The lowest BCUT2D eigenvalue weighted by Gasteiger charge is -2.17. The van der Waals surface area contributed by atoms with Crippen molar-refractivity contribution >= 4 is 16.1 Å². The van der Waals surface area contributed by atoms with Gasteiger partial charge in [-0.15, -0.1) is 0 Å². The highest BCUT2D eigenvalue weighted by molar-refractivity contribution is 7.86. The van der Waals surface area contributed by atoms with E-state index in [9.17, 15) is 13.2 Å². The van der Waals surface area contributed by atoms with Crippen LogP contribution in [-0.4, -0.2) is 14.4 Å². The van der Waals surface area contributed by atoms with E-state index in [1.807, 2.05) is 37.3 Å². The van der Waals surface area contributed by atoms with Crippen LogP contribution in [0.15, 0.2) is 89.8 Å². The fourth-order valence-corrected chi connectivity index (χ4v) is 3.57. The fraction of sp³-hybridized carbons (Fsp3) is 0.136. The first-order valence-corrected chi connectivity index (χ1v) is 10.1. The van der Waals surface area contributed by atoms with Gasteiger partial charge in [-0.3, -0.25) is 0 Å². The molecule has 0 unspecified atom stereocenters. The highest BCUT2D eigenvalue weighted by Crippen LogP contribution is 2.26. The molecule has 0 saturated heterocycles. The summed E-state index contributed by atoms with van der Waals surface area (Å²) in [6, 6.07) is 23.8. The zero-order chi connectivity index (χ0) is 20.0. The summed E-state index contributed by atoms with van der Waals surface area (Å²) in [6.45, 7) is 1.88. The van der Waals surface area contributed by atoms with E-state index in [-0.39, 0.29) is 11.5 Å². The predicted octanol–water partition coefficient (Wildman–Crippen LogP) is 4.19. The summed E-state index contributed by atoms with van der Waals surface area (Å²) < 4.78 is 36.0. The van der Waals surface area contributed by atoms with Crippen LogP contribution in [0.4, 0.5) is 0 Å². The third-order valence-corrected chi connectivity index (χ3v) is 5.37. The molecule has 0 bridgehead atoms. The maximum atomic E-state index is 12.7. The number of carbonyl (C=O) groups excluding carboxylic acids is 1. The zero-order valence-corrected chi connectivity index (χ0v) is 16.1. The number of ether oxygens (including phenoxy) is 1. The van der Waals surface area contributed by atoms with Crippen molar-refractivity contribution in [2.75, 3.05) is 0 Å². The standard InChI is InChI=1S/C22H20O5S/c1-17-12-14-20(15-13-17)28(24,25)27-21(19-10-6-3-7-11-19)22(23)26-16-18-8-4-2-5-9-18/h2-15,21H,16H2,1H3/t21-/m0/s1. The Bertz CT molecular complexity index is 1010. The smallest absolute Gasteiger partial charge is 0.341 e. The Kier molecular flexibility index (Phi) is 6.23. The number of hydrogen-bond acceptors (Lipinski definition) is 5. The molecule has 0 fully saturated rings. The van der Waals surface area contributed by atoms with Crippen molar-refractivity contribution in [1.29, 1.82) is 0 Å². The van der Waals surface area contributed by atoms with Crippen molar-refractivity contribution < 1.29 is 22.1 Å². The molecule has 0 aliphatic rings. The van der Waals surface area contributed by atoms with E-state index in [0.717, 1.165) is 11.1 Å². The maximum Gasteiger partial charge on any atom is 0.341 e. The minimum absolute atomic E-state index is 0.0186. The second-order valence-corrected chi connectivity index (χ2v) is 7.82. The number of rotatable bonds is 7. The fourth-order valence-electron chi connectivity index (χ4n) is 2.55. The van der Waals surface area contributed by atoms with Crippen LogP contribution in [0.5, 0.6) is 0 Å². The summed E-state index contributed by atoms with van der Waals surface area (Å²) >= 11 is 0. The molecule has 3 aromatic rings. The second kappa shape index (κ2) is 8.82. The van der Waals surface area contributed by atoms with E-state index in [1.165, 1.54) is 12.1 Å². The summed E-state index contributed by atoms with van der Waals surface area (Å²) in [5, 5.41) is 0. The number of hydrogen-bond donors (Lipinski definition) is 0. The summed E-state index contributed by atoms with van der Waals surface area (Å²) in [7, 11) is -4.15. The third kappa shape index (κ3) is 5.06. The van der Waals surface area contributed by atoms with Gasteiger partial charge in [0.1, 0.15) is 6.61 Å². The molecule has 0 aliphatic carbocycles. The van der Waals surface area contributed by atoms with Crippen LogP contribution in [0.2, 0.25) is 0 Å². The minimum Gasteiger partial charge on any atom is -0.459 e. The van der Waals surface area contributed by atoms with Crippen molar-refractivity contribution in [3.8, 4) is 0 Å². The van der Waals surface area contributed by atoms with Gasteiger partial charge in [0.05, 0.1) is 4.90 Å². The van der Waals surface area contributed by atoms with Gasteiger partial charge in [0.25, 0.3) is 10.1 Å². The Morgan fingerprint density at radius 1 is 0.857 bits per heavy atom.